The number of pyridine rings is 1. The Labute approximate surface area is 196 Å². The zero-order valence-electron chi connectivity index (χ0n) is 18.3. The van der Waals surface area contributed by atoms with Crippen molar-refractivity contribution in [2.45, 2.75) is 19.1 Å². The molecule has 0 bridgehead atoms. The Kier molecular flexibility index (Phi) is 5.93. The predicted octanol–water partition coefficient (Wildman–Crippen LogP) is 3.64. The molecule has 34 heavy (non-hydrogen) atoms. The predicted molar refractivity (Wildman–Crippen MR) is 127 cm³/mol. The first-order chi connectivity index (χ1) is 16.6. The average Bonchev–Trinajstić information content (AvgIpc) is 2.89. The SMILES string of the molecule is O=C1N[C@@H](C(=O)NO)[C@H]1Cc1ccc(OCc2cc(-c3ccccc3)nc3ccccc23)cc1. The van der Waals surface area contributed by atoms with E-state index in [4.69, 9.17) is 14.9 Å². The van der Waals surface area contributed by atoms with Crippen LogP contribution < -0.4 is 15.5 Å². The van der Waals surface area contributed by atoms with E-state index in [9.17, 15) is 9.59 Å². The van der Waals surface area contributed by atoms with Gasteiger partial charge in [-0.3, -0.25) is 14.8 Å². The summed E-state index contributed by atoms with van der Waals surface area (Å²) in [6.45, 7) is 0.381. The maximum atomic E-state index is 11.8. The van der Waals surface area contributed by atoms with Gasteiger partial charge >= 0.3 is 0 Å². The number of hydroxylamine groups is 1. The number of aromatic nitrogens is 1. The molecule has 1 aliphatic heterocycles. The minimum Gasteiger partial charge on any atom is -0.489 e. The molecular formula is C27H23N3O4. The van der Waals surface area contributed by atoms with Crippen LogP contribution in [0.25, 0.3) is 22.2 Å². The second-order valence-corrected chi connectivity index (χ2v) is 8.26. The van der Waals surface area contributed by atoms with E-state index in [0.29, 0.717) is 18.8 Å². The highest BCUT2D eigenvalue weighted by atomic mass is 16.5. The van der Waals surface area contributed by atoms with E-state index in [2.05, 4.69) is 11.4 Å². The fourth-order valence-electron chi connectivity index (χ4n) is 4.20. The first-order valence-corrected chi connectivity index (χ1v) is 11.0. The number of carbonyl (C=O) groups is 2. The molecule has 7 nitrogen and oxygen atoms in total. The molecule has 2 heterocycles. The Morgan fingerprint density at radius 1 is 1.00 bits per heavy atom. The third-order valence-corrected chi connectivity index (χ3v) is 6.07. The lowest BCUT2D eigenvalue weighted by Crippen LogP contribution is -2.64. The van der Waals surface area contributed by atoms with Crippen LogP contribution in [-0.2, 0) is 22.6 Å². The van der Waals surface area contributed by atoms with Gasteiger partial charge in [-0.15, -0.1) is 0 Å². The fraction of sp³-hybridized carbons (Fsp3) is 0.148. The number of hydrogen-bond donors (Lipinski definition) is 3. The number of β-lactam (4-membered cyclic amide) rings is 1. The molecule has 4 aromatic rings. The van der Waals surface area contributed by atoms with Crippen molar-refractivity contribution < 1.29 is 19.5 Å². The van der Waals surface area contributed by atoms with Crippen molar-refractivity contribution in [1.29, 1.82) is 0 Å². The number of carbonyl (C=O) groups excluding carboxylic acids is 2. The van der Waals surface area contributed by atoms with Crippen molar-refractivity contribution in [3.05, 3.63) is 96.1 Å². The Bertz CT molecular complexity index is 1340. The van der Waals surface area contributed by atoms with Crippen LogP contribution >= 0.6 is 0 Å². The zero-order valence-corrected chi connectivity index (χ0v) is 18.3. The van der Waals surface area contributed by atoms with Crippen molar-refractivity contribution >= 4 is 22.7 Å². The third-order valence-electron chi connectivity index (χ3n) is 6.07. The highest BCUT2D eigenvalue weighted by Gasteiger charge is 2.43. The first kappa shape index (κ1) is 21.6. The van der Waals surface area contributed by atoms with E-state index < -0.39 is 17.9 Å². The number of amides is 2. The van der Waals surface area contributed by atoms with Gasteiger partial charge in [-0.2, -0.15) is 0 Å². The summed E-state index contributed by atoms with van der Waals surface area (Å²) in [6.07, 6.45) is 0.402. The van der Waals surface area contributed by atoms with Crippen LogP contribution in [0, 0.1) is 5.92 Å². The topological polar surface area (TPSA) is 101 Å². The Morgan fingerprint density at radius 2 is 1.74 bits per heavy atom. The standard InChI is InChI=1S/C27H23N3O4/c31-26-22(25(29-26)27(32)30-33)14-17-10-12-20(13-11-17)34-16-19-15-24(18-6-2-1-3-7-18)28-23-9-5-4-8-21(19)23/h1-13,15,22,25,33H,14,16H2,(H,29,31)(H,30,32)/t22-,25-/m1/s1. The van der Waals surface area contributed by atoms with E-state index in [1.54, 1.807) is 5.48 Å². The van der Waals surface area contributed by atoms with Crippen molar-refractivity contribution in [3.63, 3.8) is 0 Å². The molecule has 3 N–H and O–H groups in total. The molecule has 1 aliphatic rings. The Hall–Kier alpha value is -4.23. The summed E-state index contributed by atoms with van der Waals surface area (Å²) in [6, 6.07) is 26.9. The van der Waals surface area contributed by atoms with Gasteiger partial charge in [0.15, 0.2) is 0 Å². The minimum absolute atomic E-state index is 0.201. The summed E-state index contributed by atoms with van der Waals surface area (Å²) >= 11 is 0. The molecule has 1 saturated heterocycles. The van der Waals surface area contributed by atoms with E-state index in [-0.39, 0.29) is 5.91 Å². The summed E-state index contributed by atoms with van der Waals surface area (Å²) in [4.78, 5) is 28.3. The molecule has 0 unspecified atom stereocenters. The Morgan fingerprint density at radius 3 is 2.47 bits per heavy atom. The monoisotopic (exact) mass is 453 g/mol. The summed E-state index contributed by atoms with van der Waals surface area (Å²) in [7, 11) is 0. The summed E-state index contributed by atoms with van der Waals surface area (Å²) in [5, 5.41) is 12.4. The van der Waals surface area contributed by atoms with Gasteiger partial charge in [0.05, 0.1) is 17.1 Å². The summed E-state index contributed by atoms with van der Waals surface area (Å²) in [5.41, 5.74) is 6.40. The number of rotatable bonds is 7. The Balaban J connectivity index is 1.31. The van der Waals surface area contributed by atoms with Crippen LogP contribution in [0.15, 0.2) is 84.9 Å². The van der Waals surface area contributed by atoms with Gasteiger partial charge in [0, 0.05) is 16.5 Å². The number of hydrogen-bond acceptors (Lipinski definition) is 5. The van der Waals surface area contributed by atoms with E-state index >= 15 is 0 Å². The van der Waals surface area contributed by atoms with Crippen LogP contribution in [0.2, 0.25) is 0 Å². The third kappa shape index (κ3) is 4.33. The summed E-state index contributed by atoms with van der Waals surface area (Å²) < 4.78 is 6.08. The molecule has 0 saturated carbocycles. The molecule has 170 valence electrons. The zero-order chi connectivity index (χ0) is 23.5. The van der Waals surface area contributed by atoms with Crippen LogP contribution in [-0.4, -0.2) is 28.0 Å². The number of ether oxygens (including phenoxy) is 1. The van der Waals surface area contributed by atoms with Gasteiger partial charge in [0.2, 0.25) is 5.91 Å². The molecule has 0 radical (unpaired) electrons. The van der Waals surface area contributed by atoms with E-state index in [1.165, 1.54) is 0 Å². The molecule has 3 aromatic carbocycles. The van der Waals surface area contributed by atoms with Crippen molar-refractivity contribution in [3.8, 4) is 17.0 Å². The molecule has 0 aliphatic carbocycles. The number of benzene rings is 3. The summed E-state index contributed by atoms with van der Waals surface area (Å²) in [5.74, 6) is -0.608. The lowest BCUT2D eigenvalue weighted by Gasteiger charge is -2.34. The van der Waals surface area contributed by atoms with Gasteiger partial charge in [0.25, 0.3) is 5.91 Å². The van der Waals surface area contributed by atoms with Crippen molar-refractivity contribution in [2.24, 2.45) is 5.92 Å². The lowest BCUT2D eigenvalue weighted by atomic mass is 9.84. The number of fused-ring (bicyclic) bond motifs is 1. The van der Waals surface area contributed by atoms with E-state index in [0.717, 1.165) is 33.3 Å². The molecule has 1 aromatic heterocycles. The normalized spacial score (nSPS) is 17.0. The lowest BCUT2D eigenvalue weighted by molar-refractivity contribution is -0.147. The highest BCUT2D eigenvalue weighted by Crippen LogP contribution is 2.27. The smallest absolute Gasteiger partial charge is 0.266 e. The number of para-hydroxylation sites is 1. The molecule has 5 rings (SSSR count). The maximum absolute atomic E-state index is 11.8. The van der Waals surface area contributed by atoms with Gasteiger partial charge in [-0.25, -0.2) is 10.5 Å². The van der Waals surface area contributed by atoms with Crippen LogP contribution in [0.3, 0.4) is 0 Å². The van der Waals surface area contributed by atoms with Gasteiger partial charge in [-0.1, -0.05) is 60.7 Å². The second-order valence-electron chi connectivity index (χ2n) is 8.26. The molecule has 2 amide bonds. The van der Waals surface area contributed by atoms with Gasteiger partial charge in [0.1, 0.15) is 18.4 Å². The number of nitrogens with one attached hydrogen (secondary N) is 2. The van der Waals surface area contributed by atoms with Crippen molar-refractivity contribution in [1.82, 2.24) is 15.8 Å². The van der Waals surface area contributed by atoms with Gasteiger partial charge in [-0.05, 0) is 36.2 Å². The largest absolute Gasteiger partial charge is 0.489 e. The second kappa shape index (κ2) is 9.33. The van der Waals surface area contributed by atoms with Crippen LogP contribution in [0.5, 0.6) is 5.75 Å². The number of nitrogens with zero attached hydrogens (tertiary/aromatic N) is 1. The molecule has 1 fully saturated rings. The maximum Gasteiger partial charge on any atom is 0.266 e. The molecule has 2 atom stereocenters. The quantitative estimate of drug-likeness (QED) is 0.225. The van der Waals surface area contributed by atoms with Gasteiger partial charge < -0.3 is 10.1 Å². The van der Waals surface area contributed by atoms with Crippen LogP contribution in [0.4, 0.5) is 0 Å². The minimum atomic E-state index is -0.716. The molecular weight excluding hydrogens is 430 g/mol. The highest BCUT2D eigenvalue weighted by molar-refractivity contribution is 5.99. The van der Waals surface area contributed by atoms with Crippen LogP contribution in [0.1, 0.15) is 11.1 Å². The fourth-order valence-corrected chi connectivity index (χ4v) is 4.20. The molecule has 0 spiro atoms. The van der Waals surface area contributed by atoms with Crippen molar-refractivity contribution in [2.75, 3.05) is 0 Å². The average molecular weight is 453 g/mol. The van der Waals surface area contributed by atoms with E-state index in [1.807, 2.05) is 78.9 Å². The first-order valence-electron chi connectivity index (χ1n) is 11.0. The molecule has 7 heteroatoms.